The number of nitriles is 1. The van der Waals surface area contributed by atoms with Crippen LogP contribution in [0.15, 0.2) is 24.3 Å². The second-order valence-electron chi connectivity index (χ2n) is 3.78. The fourth-order valence-corrected chi connectivity index (χ4v) is 1.32. The quantitative estimate of drug-likeness (QED) is 0.775. The molecule has 5 heteroatoms. The molecule has 0 heterocycles. The fraction of sp³-hybridized carbons (Fsp3) is 0.385. The molecule has 4 nitrogen and oxygen atoms in total. The molecule has 0 aromatic heterocycles. The molecule has 96 valence electrons. The lowest BCUT2D eigenvalue weighted by molar-refractivity contribution is -0.130. The molecular weight excluding hydrogens is 235 g/mol. The Labute approximate surface area is 106 Å². The smallest absolute Gasteiger partial charge is 0.225 e. The van der Waals surface area contributed by atoms with E-state index in [-0.39, 0.29) is 24.8 Å². The molecule has 0 unspecified atom stereocenters. The Hall–Kier alpha value is -2.09. The van der Waals surface area contributed by atoms with Crippen molar-refractivity contribution in [3.05, 3.63) is 30.1 Å². The van der Waals surface area contributed by atoms with Crippen LogP contribution in [0.2, 0.25) is 0 Å². The maximum atomic E-state index is 12.6. The van der Waals surface area contributed by atoms with Gasteiger partial charge in [-0.15, -0.1) is 0 Å². The highest BCUT2D eigenvalue weighted by Crippen LogP contribution is 2.11. The van der Waals surface area contributed by atoms with E-state index in [9.17, 15) is 9.18 Å². The number of nitrogens with zero attached hydrogens (tertiary/aromatic N) is 2. The highest BCUT2D eigenvalue weighted by Gasteiger charge is 2.08. The normalized spacial score (nSPS) is 9.61. The molecule has 1 aromatic carbocycles. The van der Waals surface area contributed by atoms with Gasteiger partial charge in [0.05, 0.1) is 25.5 Å². The van der Waals surface area contributed by atoms with Gasteiger partial charge < -0.3 is 9.64 Å². The number of amides is 1. The van der Waals surface area contributed by atoms with Gasteiger partial charge in [0.1, 0.15) is 11.6 Å². The number of carbonyl (C=O) groups excluding carboxylic acids is 1. The number of hydrogen-bond acceptors (Lipinski definition) is 3. The first-order valence-corrected chi connectivity index (χ1v) is 5.63. The molecule has 0 radical (unpaired) electrons. The average molecular weight is 250 g/mol. The monoisotopic (exact) mass is 250 g/mol. The minimum Gasteiger partial charge on any atom is -0.493 e. The second-order valence-corrected chi connectivity index (χ2v) is 3.78. The Morgan fingerprint density at radius 1 is 1.44 bits per heavy atom. The molecule has 0 spiro atoms. The Kier molecular flexibility index (Phi) is 5.65. The predicted molar refractivity (Wildman–Crippen MR) is 64.4 cm³/mol. The van der Waals surface area contributed by atoms with E-state index >= 15 is 0 Å². The van der Waals surface area contributed by atoms with Crippen LogP contribution in [0.3, 0.4) is 0 Å². The van der Waals surface area contributed by atoms with Crippen LogP contribution in [0, 0.1) is 17.1 Å². The van der Waals surface area contributed by atoms with E-state index in [4.69, 9.17) is 10.00 Å². The summed E-state index contributed by atoms with van der Waals surface area (Å²) in [6.45, 7) is 0.660. The van der Waals surface area contributed by atoms with Crippen molar-refractivity contribution in [2.75, 3.05) is 20.2 Å². The minimum absolute atomic E-state index is 0.0765. The van der Waals surface area contributed by atoms with E-state index < -0.39 is 0 Å². The lowest BCUT2D eigenvalue weighted by Crippen LogP contribution is -2.28. The Balaban J connectivity index is 2.27. The first kappa shape index (κ1) is 14.0. The van der Waals surface area contributed by atoms with Crippen molar-refractivity contribution in [1.29, 1.82) is 5.26 Å². The van der Waals surface area contributed by atoms with Crippen LogP contribution in [0.4, 0.5) is 4.39 Å². The molecule has 0 bridgehead atoms. The zero-order chi connectivity index (χ0) is 13.4. The lowest BCUT2D eigenvalue weighted by atomic mass is 10.3. The number of carbonyl (C=O) groups is 1. The van der Waals surface area contributed by atoms with Gasteiger partial charge >= 0.3 is 0 Å². The van der Waals surface area contributed by atoms with Gasteiger partial charge in [0.2, 0.25) is 5.91 Å². The molecule has 0 aliphatic carbocycles. The summed E-state index contributed by atoms with van der Waals surface area (Å²) in [5.74, 6) is 0.130. The van der Waals surface area contributed by atoms with E-state index in [1.807, 2.05) is 6.07 Å². The largest absolute Gasteiger partial charge is 0.493 e. The van der Waals surface area contributed by atoms with Crippen molar-refractivity contribution in [2.45, 2.75) is 12.8 Å². The summed E-state index contributed by atoms with van der Waals surface area (Å²) in [5.41, 5.74) is 0. The summed E-state index contributed by atoms with van der Waals surface area (Å²) in [7, 11) is 1.65. The third-order valence-electron chi connectivity index (χ3n) is 2.38. The van der Waals surface area contributed by atoms with E-state index in [1.165, 1.54) is 29.2 Å². The lowest BCUT2D eigenvalue weighted by Gasteiger charge is -2.15. The number of halogens is 1. The van der Waals surface area contributed by atoms with Crippen molar-refractivity contribution < 1.29 is 13.9 Å². The van der Waals surface area contributed by atoms with E-state index in [2.05, 4.69) is 0 Å². The topological polar surface area (TPSA) is 53.3 Å². The molecule has 0 atom stereocenters. The zero-order valence-electron chi connectivity index (χ0n) is 10.2. The van der Waals surface area contributed by atoms with Gasteiger partial charge in [-0.05, 0) is 24.3 Å². The van der Waals surface area contributed by atoms with E-state index in [0.717, 1.165) is 0 Å². The maximum Gasteiger partial charge on any atom is 0.225 e. The van der Waals surface area contributed by atoms with Crippen LogP contribution >= 0.6 is 0 Å². The molecule has 0 fully saturated rings. The summed E-state index contributed by atoms with van der Waals surface area (Å²) in [6, 6.07) is 7.61. The zero-order valence-corrected chi connectivity index (χ0v) is 10.2. The SMILES string of the molecule is CN(CCC#N)C(=O)CCOc1ccc(F)cc1. The van der Waals surface area contributed by atoms with Crippen molar-refractivity contribution in [2.24, 2.45) is 0 Å². The van der Waals surface area contributed by atoms with Crippen LogP contribution in [0.25, 0.3) is 0 Å². The minimum atomic E-state index is -0.324. The Morgan fingerprint density at radius 2 is 2.11 bits per heavy atom. The van der Waals surface area contributed by atoms with Gasteiger partial charge in [-0.25, -0.2) is 4.39 Å². The molecule has 0 aliphatic rings. The maximum absolute atomic E-state index is 12.6. The van der Waals surface area contributed by atoms with Crippen molar-refractivity contribution in [1.82, 2.24) is 4.90 Å². The number of ether oxygens (including phenoxy) is 1. The van der Waals surface area contributed by atoms with Crippen LogP contribution in [0.5, 0.6) is 5.75 Å². The van der Waals surface area contributed by atoms with Crippen molar-refractivity contribution in [3.8, 4) is 11.8 Å². The first-order valence-electron chi connectivity index (χ1n) is 5.63. The van der Waals surface area contributed by atoms with Crippen LogP contribution in [0.1, 0.15) is 12.8 Å². The van der Waals surface area contributed by atoms with E-state index in [1.54, 1.807) is 7.05 Å². The molecule has 18 heavy (non-hydrogen) atoms. The van der Waals surface area contributed by atoms with E-state index in [0.29, 0.717) is 18.7 Å². The highest BCUT2D eigenvalue weighted by atomic mass is 19.1. The van der Waals surface area contributed by atoms with Crippen molar-refractivity contribution in [3.63, 3.8) is 0 Å². The summed E-state index contributed by atoms with van der Waals surface area (Å²) < 4.78 is 17.9. The Bertz CT molecular complexity index is 426. The summed E-state index contributed by atoms with van der Waals surface area (Å²) in [5, 5.41) is 8.40. The van der Waals surface area contributed by atoms with Gasteiger partial charge in [-0.2, -0.15) is 5.26 Å². The molecule has 1 rings (SSSR count). The third kappa shape index (κ3) is 4.83. The summed E-state index contributed by atoms with van der Waals surface area (Å²) >= 11 is 0. The fourth-order valence-electron chi connectivity index (χ4n) is 1.32. The summed E-state index contributed by atoms with van der Waals surface area (Å²) in [4.78, 5) is 13.1. The van der Waals surface area contributed by atoms with Crippen LogP contribution in [-0.2, 0) is 4.79 Å². The molecule has 1 amide bonds. The number of benzene rings is 1. The van der Waals surface area contributed by atoms with Gasteiger partial charge in [0.15, 0.2) is 0 Å². The average Bonchev–Trinajstić information content (AvgIpc) is 2.38. The molecule has 0 saturated carbocycles. The van der Waals surface area contributed by atoms with Gasteiger partial charge in [-0.3, -0.25) is 4.79 Å². The molecule has 0 N–H and O–H groups in total. The van der Waals surface area contributed by atoms with Gasteiger partial charge in [0.25, 0.3) is 0 Å². The molecule has 1 aromatic rings. The van der Waals surface area contributed by atoms with Crippen LogP contribution in [-0.4, -0.2) is 31.0 Å². The van der Waals surface area contributed by atoms with Crippen LogP contribution < -0.4 is 4.74 Å². The predicted octanol–water partition coefficient (Wildman–Crippen LogP) is 1.97. The molecule has 0 saturated heterocycles. The second kappa shape index (κ2) is 7.28. The molecular formula is C13H15FN2O2. The van der Waals surface area contributed by atoms with Gasteiger partial charge in [-0.1, -0.05) is 0 Å². The van der Waals surface area contributed by atoms with Crippen molar-refractivity contribution >= 4 is 5.91 Å². The molecule has 0 aliphatic heterocycles. The standard InChI is InChI=1S/C13H15FN2O2/c1-16(9-2-8-15)13(17)7-10-18-12-5-3-11(14)4-6-12/h3-6H,2,7,9-10H2,1H3. The van der Waals surface area contributed by atoms with Gasteiger partial charge in [0, 0.05) is 13.6 Å². The number of hydrogen-bond donors (Lipinski definition) is 0. The first-order chi connectivity index (χ1) is 8.63. The third-order valence-corrected chi connectivity index (χ3v) is 2.38. The number of rotatable bonds is 6. The highest BCUT2D eigenvalue weighted by molar-refractivity contribution is 5.75. The Morgan fingerprint density at radius 3 is 2.72 bits per heavy atom. The summed E-state index contributed by atoms with van der Waals surface area (Å²) in [6.07, 6.45) is 0.556.